The zero-order chi connectivity index (χ0) is 20.3. The number of aromatic nitrogens is 1. The molecule has 9 heteroatoms. The molecule has 0 saturated carbocycles. The molecule has 1 aromatic heterocycles. The van der Waals surface area contributed by atoms with E-state index in [9.17, 15) is 13.2 Å². The minimum Gasteiger partial charge on any atom is -0.497 e. The SMILES string of the molecule is COc1ccc(N(C)S(=O)(=O)c2cccc(C(=O)N=c3sccn3C)c2)cc1. The number of sulfonamides is 1. The second-order valence-electron chi connectivity index (χ2n) is 5.91. The van der Waals surface area contributed by atoms with Crippen LogP contribution in [0.25, 0.3) is 0 Å². The number of nitrogens with zero attached hydrogens (tertiary/aromatic N) is 3. The Labute approximate surface area is 167 Å². The fourth-order valence-electron chi connectivity index (χ4n) is 2.46. The van der Waals surface area contributed by atoms with Gasteiger partial charge >= 0.3 is 0 Å². The molecule has 2 aromatic carbocycles. The number of benzene rings is 2. The second kappa shape index (κ2) is 7.99. The third-order valence-electron chi connectivity index (χ3n) is 4.13. The van der Waals surface area contributed by atoms with Crippen molar-refractivity contribution in [3.05, 3.63) is 70.5 Å². The fourth-order valence-corrected chi connectivity index (χ4v) is 4.43. The molecule has 0 bridgehead atoms. The van der Waals surface area contributed by atoms with Gasteiger partial charge in [-0.1, -0.05) is 6.07 Å². The largest absolute Gasteiger partial charge is 0.497 e. The number of aryl methyl sites for hydroxylation is 1. The zero-order valence-corrected chi connectivity index (χ0v) is 17.2. The summed E-state index contributed by atoms with van der Waals surface area (Å²) in [5.41, 5.74) is 0.686. The molecule has 0 aliphatic rings. The van der Waals surface area contributed by atoms with Crippen molar-refractivity contribution in [2.24, 2.45) is 12.0 Å². The van der Waals surface area contributed by atoms with Gasteiger partial charge in [0.15, 0.2) is 4.80 Å². The summed E-state index contributed by atoms with van der Waals surface area (Å²) >= 11 is 1.33. The number of carbonyl (C=O) groups excluding carboxylic acids is 1. The molecule has 0 spiro atoms. The van der Waals surface area contributed by atoms with Crippen LogP contribution in [0.2, 0.25) is 0 Å². The van der Waals surface area contributed by atoms with E-state index < -0.39 is 15.9 Å². The Balaban J connectivity index is 1.93. The van der Waals surface area contributed by atoms with Gasteiger partial charge in [0.05, 0.1) is 17.7 Å². The lowest BCUT2D eigenvalue weighted by molar-refractivity contribution is 0.0997. The average Bonchev–Trinajstić information content (AvgIpc) is 3.12. The zero-order valence-electron chi connectivity index (χ0n) is 15.6. The van der Waals surface area contributed by atoms with Crippen LogP contribution in [0, 0.1) is 0 Å². The van der Waals surface area contributed by atoms with Crippen LogP contribution in [-0.4, -0.2) is 33.0 Å². The summed E-state index contributed by atoms with van der Waals surface area (Å²) in [6.07, 6.45) is 1.79. The Hall–Kier alpha value is -2.91. The summed E-state index contributed by atoms with van der Waals surface area (Å²) in [5, 5.41) is 1.82. The predicted octanol–water partition coefficient (Wildman–Crippen LogP) is 2.66. The molecule has 7 nitrogen and oxygen atoms in total. The minimum atomic E-state index is -3.84. The first-order chi connectivity index (χ1) is 13.3. The van der Waals surface area contributed by atoms with Crippen LogP contribution in [0.4, 0.5) is 5.69 Å². The van der Waals surface area contributed by atoms with E-state index in [2.05, 4.69) is 4.99 Å². The third kappa shape index (κ3) is 4.00. The smallest absolute Gasteiger partial charge is 0.279 e. The highest BCUT2D eigenvalue weighted by Crippen LogP contribution is 2.24. The minimum absolute atomic E-state index is 0.0161. The number of hydrogen-bond donors (Lipinski definition) is 0. The van der Waals surface area contributed by atoms with Gasteiger partial charge in [0.2, 0.25) is 0 Å². The van der Waals surface area contributed by atoms with Crippen LogP contribution in [0.3, 0.4) is 0 Å². The van der Waals surface area contributed by atoms with E-state index in [4.69, 9.17) is 4.74 Å². The molecule has 0 saturated heterocycles. The number of rotatable bonds is 5. The second-order valence-corrected chi connectivity index (χ2v) is 8.75. The van der Waals surface area contributed by atoms with E-state index in [0.717, 1.165) is 4.31 Å². The van der Waals surface area contributed by atoms with Crippen molar-refractivity contribution in [2.45, 2.75) is 4.90 Å². The molecule has 0 atom stereocenters. The van der Waals surface area contributed by atoms with E-state index in [-0.39, 0.29) is 10.5 Å². The number of hydrogen-bond acceptors (Lipinski definition) is 5. The standard InChI is InChI=1S/C19H19N3O4S2/c1-21-11-12-27-19(21)20-18(23)14-5-4-6-17(13-14)28(24,25)22(2)15-7-9-16(26-3)10-8-15/h4-13H,1-3H3. The number of amides is 1. The summed E-state index contributed by atoms with van der Waals surface area (Å²) in [6, 6.07) is 12.5. The van der Waals surface area contributed by atoms with E-state index in [1.165, 1.54) is 36.6 Å². The van der Waals surface area contributed by atoms with Crippen molar-refractivity contribution in [1.82, 2.24) is 4.57 Å². The highest BCUT2D eigenvalue weighted by Gasteiger charge is 2.22. The van der Waals surface area contributed by atoms with Gasteiger partial charge < -0.3 is 9.30 Å². The third-order valence-corrected chi connectivity index (χ3v) is 6.76. The maximum atomic E-state index is 13.0. The normalized spacial score (nSPS) is 12.0. The molecule has 0 fully saturated rings. The van der Waals surface area contributed by atoms with Crippen LogP contribution >= 0.6 is 11.3 Å². The van der Waals surface area contributed by atoms with Gasteiger partial charge in [-0.3, -0.25) is 9.10 Å². The van der Waals surface area contributed by atoms with Crippen LogP contribution in [0.15, 0.2) is 70.0 Å². The van der Waals surface area contributed by atoms with Crippen LogP contribution < -0.4 is 13.8 Å². The van der Waals surface area contributed by atoms with Gasteiger partial charge in [0.1, 0.15) is 5.75 Å². The highest BCUT2D eigenvalue weighted by atomic mass is 32.2. The van der Waals surface area contributed by atoms with Crippen LogP contribution in [-0.2, 0) is 17.1 Å². The number of carbonyl (C=O) groups is 1. The van der Waals surface area contributed by atoms with E-state index in [1.807, 2.05) is 5.38 Å². The molecule has 1 amide bonds. The topological polar surface area (TPSA) is 81.0 Å². The molecule has 1 heterocycles. The van der Waals surface area contributed by atoms with E-state index in [0.29, 0.717) is 16.2 Å². The molecule has 0 unspecified atom stereocenters. The Morgan fingerprint density at radius 2 is 1.89 bits per heavy atom. The average molecular weight is 418 g/mol. The first-order valence-corrected chi connectivity index (χ1v) is 10.6. The Morgan fingerprint density at radius 1 is 1.18 bits per heavy atom. The van der Waals surface area contributed by atoms with Crippen molar-refractivity contribution in [2.75, 3.05) is 18.5 Å². The van der Waals surface area contributed by atoms with Crippen molar-refractivity contribution >= 4 is 33.0 Å². The summed E-state index contributed by atoms with van der Waals surface area (Å²) in [5.74, 6) is 0.132. The lowest BCUT2D eigenvalue weighted by atomic mass is 10.2. The molecule has 3 aromatic rings. The quantitative estimate of drug-likeness (QED) is 0.639. The van der Waals surface area contributed by atoms with Crippen LogP contribution in [0.1, 0.15) is 10.4 Å². The summed E-state index contributed by atoms with van der Waals surface area (Å²) in [6.45, 7) is 0. The van der Waals surface area contributed by atoms with Crippen molar-refractivity contribution in [3.8, 4) is 5.75 Å². The monoisotopic (exact) mass is 417 g/mol. The maximum absolute atomic E-state index is 13.0. The van der Waals surface area contributed by atoms with Crippen molar-refractivity contribution < 1.29 is 17.9 Å². The van der Waals surface area contributed by atoms with Crippen LogP contribution in [0.5, 0.6) is 5.75 Å². The predicted molar refractivity (Wildman–Crippen MR) is 108 cm³/mol. The summed E-state index contributed by atoms with van der Waals surface area (Å²) < 4.78 is 33.9. The molecule has 146 valence electrons. The summed E-state index contributed by atoms with van der Waals surface area (Å²) in [4.78, 5) is 17.1. The van der Waals surface area contributed by atoms with E-state index in [1.54, 1.807) is 55.3 Å². The Kier molecular flexibility index (Phi) is 5.66. The van der Waals surface area contributed by atoms with Gasteiger partial charge in [-0.05, 0) is 42.5 Å². The molecule has 0 aliphatic carbocycles. The van der Waals surface area contributed by atoms with Gasteiger partial charge in [-0.2, -0.15) is 4.99 Å². The number of ether oxygens (including phenoxy) is 1. The van der Waals surface area contributed by atoms with Crippen molar-refractivity contribution in [1.29, 1.82) is 0 Å². The Morgan fingerprint density at radius 3 is 2.50 bits per heavy atom. The number of thiazole rings is 1. The number of methoxy groups -OCH3 is 1. The molecule has 0 N–H and O–H groups in total. The lowest BCUT2D eigenvalue weighted by Gasteiger charge is -2.20. The van der Waals surface area contributed by atoms with Crippen molar-refractivity contribution in [3.63, 3.8) is 0 Å². The first-order valence-electron chi connectivity index (χ1n) is 8.25. The van der Waals surface area contributed by atoms with E-state index >= 15 is 0 Å². The lowest BCUT2D eigenvalue weighted by Crippen LogP contribution is -2.26. The Bertz CT molecular complexity index is 1160. The molecular weight excluding hydrogens is 398 g/mol. The van der Waals surface area contributed by atoms with Gasteiger partial charge in [0.25, 0.3) is 15.9 Å². The highest BCUT2D eigenvalue weighted by molar-refractivity contribution is 7.92. The maximum Gasteiger partial charge on any atom is 0.279 e. The molecule has 3 rings (SSSR count). The van der Waals surface area contributed by atoms with Gasteiger partial charge in [-0.25, -0.2) is 8.42 Å². The van der Waals surface area contributed by atoms with Gasteiger partial charge in [-0.15, -0.1) is 11.3 Å². The molecular formula is C19H19N3O4S2. The molecule has 0 radical (unpaired) electrons. The molecule has 28 heavy (non-hydrogen) atoms. The van der Waals surface area contributed by atoms with Gasteiger partial charge in [0, 0.05) is 31.2 Å². The first kappa shape index (κ1) is 19.8. The molecule has 0 aliphatic heterocycles. The summed E-state index contributed by atoms with van der Waals surface area (Å²) in [7, 11) is 0.944. The number of anilines is 1. The fraction of sp³-hybridized carbons (Fsp3) is 0.158.